The zero-order valence-corrected chi connectivity index (χ0v) is 12.3. The summed E-state index contributed by atoms with van der Waals surface area (Å²) in [6, 6.07) is 0. The lowest BCUT2D eigenvalue weighted by Crippen LogP contribution is -2.62. The van der Waals surface area contributed by atoms with E-state index in [4.69, 9.17) is 4.74 Å². The lowest BCUT2D eigenvalue weighted by Gasteiger charge is -2.47. The molecule has 1 spiro atoms. The molecule has 2 aliphatic rings. The standard InChI is InChI=1S/C12H22N2O3S/c1-11(2,3)18(16)13-12(14-18)7-5-9(6-8-12)10(15)17-4/h9H,5-8H2,1-4H3,(H,13,14,16). The van der Waals surface area contributed by atoms with E-state index in [1.165, 1.54) is 7.11 Å². The molecule has 0 amide bonds. The van der Waals surface area contributed by atoms with Gasteiger partial charge in [0.05, 0.1) is 17.8 Å². The van der Waals surface area contributed by atoms with Crippen LogP contribution in [0.2, 0.25) is 0 Å². The molecule has 0 aromatic rings. The number of hydrogen-bond acceptors (Lipinski definition) is 4. The van der Waals surface area contributed by atoms with Gasteiger partial charge >= 0.3 is 5.97 Å². The molecule has 0 radical (unpaired) electrons. The Kier molecular flexibility index (Phi) is 3.22. The maximum atomic E-state index is 12.4. The molecule has 5 nitrogen and oxygen atoms in total. The highest BCUT2D eigenvalue weighted by Gasteiger charge is 2.50. The first-order valence-corrected chi connectivity index (χ1v) is 7.87. The van der Waals surface area contributed by atoms with Gasteiger partial charge in [0, 0.05) is 0 Å². The zero-order chi connectivity index (χ0) is 13.6. The van der Waals surface area contributed by atoms with Crippen molar-refractivity contribution in [1.29, 1.82) is 0 Å². The number of ether oxygens (including phenoxy) is 1. The van der Waals surface area contributed by atoms with E-state index in [0.717, 1.165) is 25.7 Å². The Morgan fingerprint density at radius 3 is 2.28 bits per heavy atom. The molecule has 1 N–H and O–H groups in total. The minimum absolute atomic E-state index is 0.0242. The van der Waals surface area contributed by atoms with Crippen LogP contribution in [-0.4, -0.2) is 27.7 Å². The second kappa shape index (κ2) is 4.20. The number of rotatable bonds is 1. The van der Waals surface area contributed by atoms with Crippen LogP contribution in [0.4, 0.5) is 0 Å². The van der Waals surface area contributed by atoms with Crippen molar-refractivity contribution < 1.29 is 13.7 Å². The minimum atomic E-state index is -2.30. The topological polar surface area (TPSA) is 67.8 Å². The molecule has 1 aliphatic heterocycles. The van der Waals surface area contributed by atoms with Crippen molar-refractivity contribution >= 4 is 15.9 Å². The molecule has 0 bridgehead atoms. The van der Waals surface area contributed by atoms with Gasteiger partial charge in [-0.05, 0) is 46.5 Å². The third kappa shape index (κ3) is 2.16. The number of nitrogens with zero attached hydrogens (tertiary/aromatic N) is 1. The molecule has 1 saturated carbocycles. The van der Waals surface area contributed by atoms with Crippen molar-refractivity contribution in [3.8, 4) is 0 Å². The number of hydrogen-bond donors (Lipinski definition) is 1. The van der Waals surface area contributed by atoms with E-state index in [1.54, 1.807) is 0 Å². The van der Waals surface area contributed by atoms with E-state index in [2.05, 4.69) is 9.08 Å². The predicted octanol–water partition coefficient (Wildman–Crippen LogP) is 1.83. The molecule has 2 rings (SSSR count). The fraction of sp³-hybridized carbons (Fsp3) is 0.917. The van der Waals surface area contributed by atoms with Gasteiger partial charge in [-0.25, -0.2) is 13.3 Å². The molecule has 104 valence electrons. The lowest BCUT2D eigenvalue weighted by atomic mass is 9.83. The summed E-state index contributed by atoms with van der Waals surface area (Å²) in [5.41, 5.74) is -0.352. The van der Waals surface area contributed by atoms with E-state index in [1.807, 2.05) is 20.8 Å². The lowest BCUT2D eigenvalue weighted by molar-refractivity contribution is -0.147. The first-order chi connectivity index (χ1) is 8.21. The van der Waals surface area contributed by atoms with Crippen molar-refractivity contribution in [2.75, 3.05) is 7.11 Å². The zero-order valence-electron chi connectivity index (χ0n) is 11.5. The maximum Gasteiger partial charge on any atom is 0.308 e. The van der Waals surface area contributed by atoms with Gasteiger partial charge in [-0.1, -0.05) is 0 Å². The molecular formula is C12H22N2O3S. The molecule has 1 aliphatic carbocycles. The highest BCUT2D eigenvalue weighted by atomic mass is 32.2. The number of esters is 1. The van der Waals surface area contributed by atoms with Crippen molar-refractivity contribution in [2.45, 2.75) is 56.9 Å². The molecule has 1 atom stereocenters. The molecule has 0 aromatic carbocycles. The van der Waals surface area contributed by atoms with E-state index in [-0.39, 0.29) is 22.3 Å². The average molecular weight is 274 g/mol. The molecule has 1 fully saturated rings. The van der Waals surface area contributed by atoms with E-state index in [0.29, 0.717) is 0 Å². The van der Waals surface area contributed by atoms with Crippen LogP contribution in [0.5, 0.6) is 0 Å². The number of carbonyl (C=O) groups is 1. The second-order valence-electron chi connectivity index (χ2n) is 6.16. The van der Waals surface area contributed by atoms with Gasteiger partial charge in [0.25, 0.3) is 0 Å². The van der Waals surface area contributed by atoms with Crippen LogP contribution in [-0.2, 0) is 19.4 Å². The number of methoxy groups -OCH3 is 1. The molecule has 0 saturated heterocycles. The summed E-state index contributed by atoms with van der Waals surface area (Å²) in [6.45, 7) is 5.79. The molecule has 6 heteroatoms. The van der Waals surface area contributed by atoms with E-state index >= 15 is 0 Å². The summed E-state index contributed by atoms with van der Waals surface area (Å²) < 4.78 is 24.5. The molecule has 1 heterocycles. The van der Waals surface area contributed by atoms with Crippen molar-refractivity contribution in [2.24, 2.45) is 10.3 Å². The highest BCUT2D eigenvalue weighted by Crippen LogP contribution is 2.42. The third-order valence-electron chi connectivity index (χ3n) is 3.81. The van der Waals surface area contributed by atoms with E-state index < -0.39 is 9.92 Å². The molecule has 1 unspecified atom stereocenters. The van der Waals surface area contributed by atoms with Crippen LogP contribution in [0.25, 0.3) is 0 Å². The summed E-state index contributed by atoms with van der Waals surface area (Å²) in [5, 5.41) is 0. The highest BCUT2D eigenvalue weighted by molar-refractivity contribution is 7.94. The number of nitrogens with one attached hydrogen (secondary N) is 1. The monoisotopic (exact) mass is 274 g/mol. The van der Waals surface area contributed by atoms with Gasteiger partial charge in [-0.2, -0.15) is 0 Å². The maximum absolute atomic E-state index is 12.4. The Hall–Kier alpha value is -0.620. The predicted molar refractivity (Wildman–Crippen MR) is 70.2 cm³/mol. The Morgan fingerprint density at radius 2 is 1.89 bits per heavy atom. The Bertz CT molecular complexity index is 464. The summed E-state index contributed by atoms with van der Waals surface area (Å²) in [6.07, 6.45) is 3.03. The average Bonchev–Trinajstić information content (AvgIpc) is 2.25. The number of carbonyl (C=O) groups excluding carboxylic acids is 1. The van der Waals surface area contributed by atoms with E-state index in [9.17, 15) is 9.00 Å². The van der Waals surface area contributed by atoms with Crippen LogP contribution in [0, 0.1) is 5.92 Å². The van der Waals surface area contributed by atoms with Gasteiger partial charge < -0.3 is 4.74 Å². The van der Waals surface area contributed by atoms with Crippen LogP contribution >= 0.6 is 0 Å². The van der Waals surface area contributed by atoms with Crippen LogP contribution in [0.15, 0.2) is 4.36 Å². The van der Waals surface area contributed by atoms with Crippen molar-refractivity contribution in [1.82, 2.24) is 4.72 Å². The van der Waals surface area contributed by atoms with Crippen molar-refractivity contribution in [3.63, 3.8) is 0 Å². The van der Waals surface area contributed by atoms with Gasteiger partial charge in [0.1, 0.15) is 15.6 Å². The molecule has 0 aromatic heterocycles. The minimum Gasteiger partial charge on any atom is -0.469 e. The SMILES string of the molecule is COC(=O)C1CCC2(CC1)N=S(=O)(C(C)(C)C)N2. The third-order valence-corrected chi connectivity index (χ3v) is 6.73. The Labute approximate surface area is 109 Å². The van der Waals surface area contributed by atoms with Crippen LogP contribution in [0.3, 0.4) is 0 Å². The van der Waals surface area contributed by atoms with Gasteiger partial charge in [-0.3, -0.25) is 4.79 Å². The first kappa shape index (κ1) is 13.8. The fourth-order valence-corrected chi connectivity index (χ4v) is 4.47. The smallest absolute Gasteiger partial charge is 0.308 e. The summed E-state index contributed by atoms with van der Waals surface area (Å²) >= 11 is 0. The van der Waals surface area contributed by atoms with Gasteiger partial charge in [0.15, 0.2) is 0 Å². The van der Waals surface area contributed by atoms with Gasteiger partial charge in [-0.15, -0.1) is 0 Å². The van der Waals surface area contributed by atoms with Gasteiger partial charge in [0.2, 0.25) is 0 Å². The van der Waals surface area contributed by atoms with Crippen LogP contribution < -0.4 is 4.72 Å². The second-order valence-corrected chi connectivity index (χ2v) is 8.82. The fourth-order valence-electron chi connectivity index (χ4n) is 2.49. The normalized spacial score (nSPS) is 39.9. The van der Waals surface area contributed by atoms with Crippen molar-refractivity contribution in [3.05, 3.63) is 0 Å². The summed E-state index contributed by atoms with van der Waals surface area (Å²) in [4.78, 5) is 11.4. The first-order valence-electron chi connectivity index (χ1n) is 6.36. The quantitative estimate of drug-likeness (QED) is 0.742. The van der Waals surface area contributed by atoms with Crippen LogP contribution in [0.1, 0.15) is 46.5 Å². The molecule has 18 heavy (non-hydrogen) atoms. The summed E-state index contributed by atoms with van der Waals surface area (Å²) in [5.74, 6) is -0.162. The largest absolute Gasteiger partial charge is 0.469 e. The Balaban J connectivity index is 2.05. The summed E-state index contributed by atoms with van der Waals surface area (Å²) in [7, 11) is -0.876. The molecular weight excluding hydrogens is 252 g/mol. The Morgan fingerprint density at radius 1 is 1.39 bits per heavy atom.